The molecule has 0 bridgehead atoms. The Morgan fingerprint density at radius 1 is 0.766 bits per heavy atom. The Kier molecular flexibility index (Phi) is 12.4. The summed E-state index contributed by atoms with van der Waals surface area (Å²) in [7, 11) is 0. The molecule has 3 fully saturated rings. The first-order valence-electron chi connectivity index (χ1n) is 16.5. The van der Waals surface area contributed by atoms with Crippen LogP contribution in [0.4, 0.5) is 24.9 Å². The van der Waals surface area contributed by atoms with Gasteiger partial charge in [0.1, 0.15) is 17.8 Å². The molecule has 0 unspecified atom stereocenters. The lowest BCUT2D eigenvalue weighted by atomic mass is 9.96. The van der Waals surface area contributed by atoms with E-state index in [9.17, 15) is 19.2 Å². The van der Waals surface area contributed by atoms with Crippen LogP contribution in [0.25, 0.3) is 0 Å². The standard InChI is InChI=1S/C32H50N8O7/c1-32(2,3)47-31(44)40-20-18-39(19-21-40)30(43)46-25-11-6-9-24(10-7-12-25)45-29(42)38-16-14-37(15-17-38)28(41)35-22-23-8-4-5-13-26(23)36-27(33)34/h4-5,8,13,24-25H,6-7,9-12,14-22H2,1-3H3,(H,35,41)(H4,33,34,36)/t24-,25+. The maximum Gasteiger partial charge on any atom is 0.410 e. The van der Waals surface area contributed by atoms with Crippen molar-refractivity contribution in [3.63, 3.8) is 0 Å². The first kappa shape index (κ1) is 35.4. The lowest BCUT2D eigenvalue weighted by molar-refractivity contribution is 0.00414. The molecule has 0 aromatic heterocycles. The summed E-state index contributed by atoms with van der Waals surface area (Å²) in [5, 5.41) is 13.1. The molecule has 1 aromatic carbocycles. The topological polar surface area (TPSA) is 183 Å². The first-order valence-corrected chi connectivity index (χ1v) is 16.5. The number of carbonyl (C=O) groups is 4. The third-order valence-electron chi connectivity index (χ3n) is 8.37. The van der Waals surface area contributed by atoms with Gasteiger partial charge in [-0.15, -0.1) is 0 Å². The van der Waals surface area contributed by atoms with Crippen LogP contribution in [0.5, 0.6) is 0 Å². The molecule has 4 rings (SSSR count). The van der Waals surface area contributed by atoms with E-state index in [-0.39, 0.29) is 49.0 Å². The highest BCUT2D eigenvalue weighted by Crippen LogP contribution is 2.24. The fourth-order valence-corrected chi connectivity index (χ4v) is 5.82. The normalized spacial score (nSPS) is 20.7. The third kappa shape index (κ3) is 11.1. The molecular formula is C32H50N8O7. The maximum absolute atomic E-state index is 12.9. The van der Waals surface area contributed by atoms with E-state index in [0.717, 1.165) is 18.4 Å². The van der Waals surface area contributed by atoms with Crippen LogP contribution in [-0.4, -0.2) is 120 Å². The summed E-state index contributed by atoms with van der Waals surface area (Å²) >= 11 is 0. The van der Waals surface area contributed by atoms with Gasteiger partial charge in [-0.25, -0.2) is 19.2 Å². The van der Waals surface area contributed by atoms with Crippen LogP contribution in [0.1, 0.15) is 64.9 Å². The maximum atomic E-state index is 12.9. The van der Waals surface area contributed by atoms with Crippen molar-refractivity contribution in [1.29, 1.82) is 5.41 Å². The molecule has 1 saturated carbocycles. The Bertz CT molecular complexity index is 1250. The molecule has 47 heavy (non-hydrogen) atoms. The predicted molar refractivity (Wildman–Crippen MR) is 175 cm³/mol. The van der Waals surface area contributed by atoms with E-state index in [2.05, 4.69) is 10.6 Å². The van der Waals surface area contributed by atoms with Crippen molar-refractivity contribution in [2.24, 2.45) is 5.73 Å². The van der Waals surface area contributed by atoms with E-state index in [1.807, 2.05) is 39.0 Å². The second-order valence-corrected chi connectivity index (χ2v) is 13.2. The van der Waals surface area contributed by atoms with Crippen LogP contribution < -0.4 is 16.4 Å². The molecule has 2 aliphatic heterocycles. The molecule has 260 valence electrons. The van der Waals surface area contributed by atoms with Gasteiger partial charge in [-0.1, -0.05) is 18.2 Å². The van der Waals surface area contributed by atoms with Gasteiger partial charge in [-0.2, -0.15) is 0 Å². The summed E-state index contributed by atoms with van der Waals surface area (Å²) in [6.45, 7) is 8.90. The van der Waals surface area contributed by atoms with Gasteiger partial charge >= 0.3 is 24.3 Å². The van der Waals surface area contributed by atoms with Crippen molar-refractivity contribution in [2.75, 3.05) is 57.7 Å². The molecule has 0 spiro atoms. The van der Waals surface area contributed by atoms with E-state index in [4.69, 9.17) is 25.4 Å². The van der Waals surface area contributed by atoms with Gasteiger partial charge in [0.15, 0.2) is 5.96 Å². The number of urea groups is 1. The van der Waals surface area contributed by atoms with Crippen LogP contribution in [-0.2, 0) is 20.8 Å². The number of nitrogens with one attached hydrogen (secondary N) is 3. The van der Waals surface area contributed by atoms with Crippen LogP contribution in [0.2, 0.25) is 0 Å². The lowest BCUT2D eigenvalue weighted by Gasteiger charge is -2.36. The number of amides is 5. The van der Waals surface area contributed by atoms with Crippen molar-refractivity contribution >= 4 is 36.0 Å². The van der Waals surface area contributed by atoms with Gasteiger partial charge < -0.3 is 50.2 Å². The number of ether oxygens (including phenoxy) is 3. The quantitative estimate of drug-likeness (QED) is 0.208. The van der Waals surface area contributed by atoms with Crippen molar-refractivity contribution in [1.82, 2.24) is 24.9 Å². The Balaban J connectivity index is 1.12. The number of anilines is 1. The number of benzene rings is 1. The molecular weight excluding hydrogens is 608 g/mol. The number of nitrogens with two attached hydrogens (primary N) is 1. The smallest absolute Gasteiger partial charge is 0.410 e. The van der Waals surface area contributed by atoms with Crippen LogP contribution in [0.15, 0.2) is 24.3 Å². The molecule has 0 radical (unpaired) electrons. The van der Waals surface area contributed by atoms with Gasteiger partial charge in [0, 0.05) is 64.6 Å². The summed E-state index contributed by atoms with van der Waals surface area (Å²) in [5.41, 5.74) is 6.34. The van der Waals surface area contributed by atoms with E-state index < -0.39 is 5.60 Å². The number of para-hydroxylation sites is 1. The minimum atomic E-state index is -0.565. The zero-order chi connectivity index (χ0) is 34.0. The van der Waals surface area contributed by atoms with E-state index in [1.54, 1.807) is 25.7 Å². The van der Waals surface area contributed by atoms with Gasteiger partial charge in [0.2, 0.25) is 0 Å². The highest BCUT2D eigenvalue weighted by atomic mass is 16.6. The van der Waals surface area contributed by atoms with Gasteiger partial charge in [-0.05, 0) is 70.9 Å². The molecule has 1 aromatic rings. The second-order valence-electron chi connectivity index (χ2n) is 13.2. The number of hydrogen-bond donors (Lipinski definition) is 4. The monoisotopic (exact) mass is 658 g/mol. The zero-order valence-corrected chi connectivity index (χ0v) is 27.8. The Labute approximate surface area is 276 Å². The molecule has 3 aliphatic rings. The number of guanidine groups is 1. The summed E-state index contributed by atoms with van der Waals surface area (Å²) in [4.78, 5) is 57.4. The molecule has 5 N–H and O–H groups in total. The van der Waals surface area contributed by atoms with Gasteiger partial charge in [0.05, 0.1) is 0 Å². The molecule has 15 heteroatoms. The van der Waals surface area contributed by atoms with Crippen molar-refractivity contribution < 1.29 is 33.4 Å². The highest BCUT2D eigenvalue weighted by Gasteiger charge is 2.31. The number of piperazine rings is 2. The summed E-state index contributed by atoms with van der Waals surface area (Å²) in [6, 6.07) is 7.08. The van der Waals surface area contributed by atoms with Crippen molar-refractivity contribution in [3.8, 4) is 0 Å². The van der Waals surface area contributed by atoms with Crippen LogP contribution in [0.3, 0.4) is 0 Å². The summed E-state index contributed by atoms with van der Waals surface area (Å²) in [6.07, 6.45) is 2.81. The summed E-state index contributed by atoms with van der Waals surface area (Å²) in [5.74, 6) is -0.180. The second kappa shape index (κ2) is 16.4. The lowest BCUT2D eigenvalue weighted by Crippen LogP contribution is -2.53. The Morgan fingerprint density at radius 3 is 1.68 bits per heavy atom. The fraction of sp³-hybridized carbons (Fsp3) is 0.656. The predicted octanol–water partition coefficient (Wildman–Crippen LogP) is 3.74. The zero-order valence-electron chi connectivity index (χ0n) is 27.8. The minimum absolute atomic E-state index is 0.180. The molecule has 15 nitrogen and oxygen atoms in total. The molecule has 5 amide bonds. The average molecular weight is 659 g/mol. The first-order chi connectivity index (χ1) is 22.4. The molecule has 2 saturated heterocycles. The number of hydrogen-bond acceptors (Lipinski definition) is 8. The minimum Gasteiger partial charge on any atom is -0.446 e. The van der Waals surface area contributed by atoms with Crippen molar-refractivity contribution in [3.05, 3.63) is 29.8 Å². The largest absolute Gasteiger partial charge is 0.446 e. The van der Waals surface area contributed by atoms with Gasteiger partial charge in [0.25, 0.3) is 0 Å². The SMILES string of the molecule is CC(C)(C)OC(=O)N1CCN(C(=O)O[C@H]2CCC[C@@H](OC(=O)N3CCN(C(=O)NCc4ccccc4NC(=N)N)CC3)CCC2)CC1. The fourth-order valence-electron chi connectivity index (χ4n) is 5.82. The van der Waals surface area contributed by atoms with Crippen LogP contribution in [0, 0.1) is 5.41 Å². The number of carbonyl (C=O) groups excluding carboxylic acids is 4. The number of rotatable bonds is 5. The summed E-state index contributed by atoms with van der Waals surface area (Å²) < 4.78 is 17.1. The van der Waals surface area contributed by atoms with E-state index >= 15 is 0 Å². The van der Waals surface area contributed by atoms with Crippen molar-refractivity contribution in [2.45, 2.75) is 83.6 Å². The Hall–Kier alpha value is -4.43. The molecule has 0 atom stereocenters. The molecule has 2 heterocycles. The molecule has 1 aliphatic carbocycles. The number of nitrogens with zero attached hydrogens (tertiary/aromatic N) is 4. The third-order valence-corrected chi connectivity index (χ3v) is 8.37. The van der Waals surface area contributed by atoms with E-state index in [1.165, 1.54) is 0 Å². The highest BCUT2D eigenvalue weighted by molar-refractivity contribution is 5.90. The van der Waals surface area contributed by atoms with E-state index in [0.29, 0.717) is 83.7 Å². The Morgan fingerprint density at radius 2 is 1.21 bits per heavy atom. The average Bonchev–Trinajstić information content (AvgIpc) is 3.01. The van der Waals surface area contributed by atoms with Gasteiger partial charge in [-0.3, -0.25) is 5.41 Å². The van der Waals surface area contributed by atoms with Crippen LogP contribution >= 0.6 is 0 Å².